The van der Waals surface area contributed by atoms with Crippen molar-refractivity contribution in [1.29, 1.82) is 0 Å². The van der Waals surface area contributed by atoms with Crippen molar-refractivity contribution in [3.8, 4) is 0 Å². The molecular weight excluding hydrogens is 1100 g/mol. The summed E-state index contributed by atoms with van der Waals surface area (Å²) in [5.74, 6) is -1.58. The monoisotopic (exact) mass is 1180 g/mol. The number of ether oxygens (including phenoxy) is 2. The van der Waals surface area contributed by atoms with E-state index in [9.17, 15) is 9.59 Å². The van der Waals surface area contributed by atoms with Gasteiger partial charge in [-0.05, 0) is 72.0 Å². The average Bonchev–Trinajstić information content (AvgIpc) is 4.11. The molecular formula is C52H88F2N7O12PSi4. The lowest BCUT2D eigenvalue weighted by molar-refractivity contribution is -0.0592. The molecule has 4 aromatic rings. The number of aromatic nitrogens is 6. The van der Waals surface area contributed by atoms with Gasteiger partial charge in [0, 0.05) is 24.5 Å². The Balaban J connectivity index is 1.35. The highest BCUT2D eigenvalue weighted by Gasteiger charge is 2.65. The van der Waals surface area contributed by atoms with Crippen LogP contribution in [0.25, 0.3) is 22.1 Å². The van der Waals surface area contributed by atoms with Crippen LogP contribution in [0.15, 0.2) is 34.6 Å². The lowest BCUT2D eigenvalue weighted by atomic mass is 10.1. The second-order valence-corrected chi connectivity index (χ2v) is 43.9. The van der Waals surface area contributed by atoms with Gasteiger partial charge in [0.05, 0.1) is 25.9 Å². The Morgan fingerprint density at radius 3 is 1.17 bits per heavy atom. The fourth-order valence-electron chi connectivity index (χ4n) is 12.7. The largest absolute Gasteiger partial charge is 0.414 e. The summed E-state index contributed by atoms with van der Waals surface area (Å²) >= 11 is 0. The SMILES string of the molecule is CC(C)N(C(C)C)P(O[C@@H]1[C@@H]2O[Si](C(C)C)(C(C)C)O[Si](C(C)C)(C(C)C)OC[C@H]2O[C@H]1n1cc(F)c2c(=O)[nH]cnc21)O[C@@H]1[C@@H]2O[Si](C(C)C)(C(C)C)O[Si](C(C)C)(C(C)C)OC[C@H]2O[C@H]1n1cc(F)c2c(=O)[nH]cnc21. The number of halogens is 2. The smallest absolute Gasteiger partial charge is 0.335 e. The van der Waals surface area contributed by atoms with Crippen LogP contribution < -0.4 is 11.1 Å². The summed E-state index contributed by atoms with van der Waals surface area (Å²) in [6.45, 7) is 42.6. The first-order valence-corrected chi connectivity index (χ1v) is 37.3. The molecule has 8 atom stereocenters. The first-order chi connectivity index (χ1) is 36.5. The molecule has 0 aromatic carbocycles. The zero-order chi connectivity index (χ0) is 57.5. The number of rotatable bonds is 17. The molecule has 26 heteroatoms. The van der Waals surface area contributed by atoms with Gasteiger partial charge in [0.1, 0.15) is 47.4 Å². The molecule has 2 N–H and O–H groups in total. The number of nitrogens with one attached hydrogen (secondary N) is 2. The maximum absolute atomic E-state index is 16.3. The summed E-state index contributed by atoms with van der Waals surface area (Å²) < 4.78 is 113. The van der Waals surface area contributed by atoms with Crippen LogP contribution in [-0.2, 0) is 44.5 Å². The molecule has 4 aliphatic heterocycles. The van der Waals surface area contributed by atoms with Crippen LogP contribution in [0.2, 0.25) is 44.3 Å². The third-order valence-corrected chi connectivity index (χ3v) is 39.2. The molecule has 0 amide bonds. The van der Waals surface area contributed by atoms with Crippen molar-refractivity contribution in [2.45, 2.75) is 244 Å². The van der Waals surface area contributed by atoms with Crippen LogP contribution in [0.4, 0.5) is 8.78 Å². The average molecular weight is 1180 g/mol. The van der Waals surface area contributed by atoms with Gasteiger partial charge in [-0.15, -0.1) is 0 Å². The maximum atomic E-state index is 16.3. The van der Waals surface area contributed by atoms with Crippen LogP contribution >= 0.6 is 8.53 Å². The summed E-state index contributed by atoms with van der Waals surface area (Å²) in [4.78, 5) is 40.8. The van der Waals surface area contributed by atoms with E-state index in [0.717, 1.165) is 0 Å². The van der Waals surface area contributed by atoms with E-state index in [1.165, 1.54) is 34.2 Å². The Morgan fingerprint density at radius 2 is 0.872 bits per heavy atom. The summed E-state index contributed by atoms with van der Waals surface area (Å²) in [6, 6.07) is -0.442. The Kier molecular flexibility index (Phi) is 18.4. The van der Waals surface area contributed by atoms with Crippen molar-refractivity contribution in [1.82, 2.24) is 33.7 Å². The van der Waals surface area contributed by atoms with Gasteiger partial charge < -0.3 is 63.6 Å². The highest BCUT2D eigenvalue weighted by Crippen LogP contribution is 2.58. The molecule has 0 saturated carbocycles. The van der Waals surface area contributed by atoms with Crippen molar-refractivity contribution in [2.24, 2.45) is 0 Å². The van der Waals surface area contributed by atoms with E-state index < -0.39 is 115 Å². The molecule has 0 bridgehead atoms. The Bertz CT molecular complexity index is 2630. The fourth-order valence-corrected chi connectivity index (χ4v) is 37.0. The van der Waals surface area contributed by atoms with Crippen molar-refractivity contribution in [3.05, 3.63) is 57.4 Å². The molecule has 438 valence electrons. The van der Waals surface area contributed by atoms with E-state index in [1.54, 1.807) is 0 Å². The number of fused-ring (bicyclic) bond motifs is 4. The minimum atomic E-state index is -3.40. The second-order valence-electron chi connectivity index (χ2n) is 24.8. The first-order valence-electron chi connectivity index (χ1n) is 28.2. The highest BCUT2D eigenvalue weighted by molar-refractivity contribution is 7.44. The summed E-state index contributed by atoms with van der Waals surface area (Å²) in [5.41, 5.74) is -1.39. The minimum Gasteiger partial charge on any atom is -0.414 e. The Labute approximate surface area is 464 Å². The molecule has 8 rings (SSSR count). The Morgan fingerprint density at radius 1 is 0.551 bits per heavy atom. The van der Waals surface area contributed by atoms with Gasteiger partial charge in [-0.2, -0.15) is 0 Å². The normalized spacial score (nSPS) is 27.9. The Hall–Kier alpha value is -2.44. The third kappa shape index (κ3) is 10.6. The molecule has 4 saturated heterocycles. The molecule has 8 heterocycles. The summed E-state index contributed by atoms with van der Waals surface area (Å²) in [7, 11) is -15.3. The van der Waals surface area contributed by atoms with Crippen LogP contribution in [0.1, 0.15) is 151 Å². The molecule has 78 heavy (non-hydrogen) atoms. The molecule has 19 nitrogen and oxygen atoms in total. The number of aromatic amines is 2. The number of hydrogen-bond acceptors (Lipinski definition) is 15. The van der Waals surface area contributed by atoms with Gasteiger partial charge in [0.2, 0.25) is 0 Å². The first kappa shape index (κ1) is 61.6. The van der Waals surface area contributed by atoms with E-state index >= 15 is 8.78 Å². The minimum absolute atomic E-state index is 0.0374. The van der Waals surface area contributed by atoms with Crippen LogP contribution in [0, 0.1) is 11.6 Å². The molecule has 0 spiro atoms. The number of hydrogen-bond donors (Lipinski definition) is 2. The van der Waals surface area contributed by atoms with Gasteiger partial charge in [-0.3, -0.25) is 9.59 Å². The lowest BCUT2D eigenvalue weighted by Crippen LogP contribution is -2.66. The quantitative estimate of drug-likeness (QED) is 0.0747. The van der Waals surface area contributed by atoms with Crippen LogP contribution in [-0.4, -0.2) is 130 Å². The van der Waals surface area contributed by atoms with E-state index in [0.29, 0.717) is 0 Å². The fraction of sp³-hybridized carbons (Fsp3) is 0.769. The van der Waals surface area contributed by atoms with E-state index in [-0.39, 0.29) is 91.7 Å². The number of H-pyrrole nitrogens is 2. The zero-order valence-corrected chi connectivity index (χ0v) is 54.3. The van der Waals surface area contributed by atoms with E-state index in [1.807, 2.05) is 27.7 Å². The van der Waals surface area contributed by atoms with E-state index in [4.69, 9.17) is 44.5 Å². The highest BCUT2D eigenvalue weighted by atomic mass is 31.2. The molecule has 0 aliphatic carbocycles. The number of nitrogens with zero attached hydrogens (tertiary/aromatic N) is 5. The van der Waals surface area contributed by atoms with Crippen molar-refractivity contribution in [3.63, 3.8) is 0 Å². The van der Waals surface area contributed by atoms with Crippen LogP contribution in [0.3, 0.4) is 0 Å². The topological polar surface area (TPSA) is 197 Å². The lowest BCUT2D eigenvalue weighted by Gasteiger charge is -2.52. The summed E-state index contributed by atoms with van der Waals surface area (Å²) in [5, 5.41) is -0.473. The van der Waals surface area contributed by atoms with Crippen molar-refractivity contribution in [2.75, 3.05) is 13.2 Å². The van der Waals surface area contributed by atoms with Gasteiger partial charge >= 0.3 is 34.2 Å². The zero-order valence-electron chi connectivity index (χ0n) is 49.5. The molecule has 4 aromatic heterocycles. The van der Waals surface area contributed by atoms with Crippen molar-refractivity contribution < 1.29 is 53.2 Å². The second kappa shape index (κ2) is 23.3. The molecule has 0 radical (unpaired) electrons. The molecule has 0 unspecified atom stereocenters. The van der Waals surface area contributed by atoms with Crippen molar-refractivity contribution >= 4 is 64.8 Å². The van der Waals surface area contributed by atoms with Gasteiger partial charge in [0.25, 0.3) is 19.6 Å². The van der Waals surface area contributed by atoms with Gasteiger partial charge in [-0.1, -0.05) is 111 Å². The van der Waals surface area contributed by atoms with Gasteiger partial charge in [0.15, 0.2) is 35.4 Å². The molecule has 4 fully saturated rings. The van der Waals surface area contributed by atoms with Gasteiger partial charge in [-0.25, -0.2) is 23.4 Å². The third-order valence-electron chi connectivity index (χ3n) is 16.6. The van der Waals surface area contributed by atoms with E-state index in [2.05, 4.69) is 135 Å². The summed E-state index contributed by atoms with van der Waals surface area (Å²) in [6.07, 6.45) is -2.97. The maximum Gasteiger partial charge on any atom is 0.335 e. The molecule has 4 aliphatic rings. The predicted molar refractivity (Wildman–Crippen MR) is 305 cm³/mol. The predicted octanol–water partition coefficient (Wildman–Crippen LogP) is 11.6. The van der Waals surface area contributed by atoms with Crippen LogP contribution in [0.5, 0.6) is 0 Å². The standard InChI is InChI=1S/C52H88F2N7O12PSi4/c1-27(2)61(28(3)4)74(68-45-43-39(66-51(45)59-21-37(53)41-47(59)55-25-57-49(41)62)23-64-75(29(5)6,30(7)8)72-77(70-43,33(13)14)34(15)16)69-46-44-40(67-52(46)60-22-38(54)42-48(60)56-26-58-50(42)63)24-65-76(31(9)10,32(11)12)73-78(71-44,35(17)18)36(19)20/h21-22,25-36,39-40,43-46,51-52H,23-24H2,1-20H3,(H,55,57,62)(H,56,58,63)/t39-,40-,43-,44-,45-,46-,51-,52-/m1/s1.